The number of hydrogen-bond donors (Lipinski definition) is 1. The topological polar surface area (TPSA) is 93.3 Å². The van der Waals surface area contributed by atoms with E-state index in [4.69, 9.17) is 0 Å². The number of unbranched alkanes of at least 4 members (excludes halogenated alkanes) is 4. The van der Waals surface area contributed by atoms with E-state index in [9.17, 15) is 14.9 Å². The van der Waals surface area contributed by atoms with Crippen molar-refractivity contribution >= 4 is 11.7 Å². The molecule has 1 heterocycles. The molecule has 1 atom stereocenters. The van der Waals surface area contributed by atoms with Crippen LogP contribution in [0.5, 0.6) is 0 Å². The Labute approximate surface area is 162 Å². The zero-order valence-corrected chi connectivity index (χ0v) is 17.2. The first-order valence-corrected chi connectivity index (χ1v) is 10.1. The van der Waals surface area contributed by atoms with E-state index < -0.39 is 4.92 Å². The summed E-state index contributed by atoms with van der Waals surface area (Å²) in [6, 6.07) is 1.36. The molecule has 8 heteroatoms. The van der Waals surface area contributed by atoms with Gasteiger partial charge in [0.25, 0.3) is 5.91 Å². The standard InChI is InChI=1S/C19H35N5O3/c1-5-7-9-11-22(12-10-8-6-2)14-17(4)20-18(25)15-23-19(24(26)27)13-16(3)21-23/h13,17H,5-12,14-15H2,1-4H3,(H,20,25). The van der Waals surface area contributed by atoms with Crippen molar-refractivity contribution in [1.29, 1.82) is 0 Å². The zero-order chi connectivity index (χ0) is 20.2. The van der Waals surface area contributed by atoms with E-state index in [1.807, 2.05) is 6.92 Å². The van der Waals surface area contributed by atoms with E-state index in [0.29, 0.717) is 5.69 Å². The van der Waals surface area contributed by atoms with Gasteiger partial charge in [-0.25, -0.2) is 0 Å². The first kappa shape index (κ1) is 23.1. The number of nitro groups is 1. The third-order valence-electron chi connectivity index (χ3n) is 4.46. The lowest BCUT2D eigenvalue weighted by Crippen LogP contribution is -2.43. The molecule has 1 amide bonds. The van der Waals surface area contributed by atoms with E-state index in [1.165, 1.54) is 44.6 Å². The summed E-state index contributed by atoms with van der Waals surface area (Å²) in [7, 11) is 0. The number of aromatic nitrogens is 2. The third kappa shape index (κ3) is 8.99. The molecule has 0 aliphatic rings. The Morgan fingerprint density at radius 3 is 2.37 bits per heavy atom. The molecule has 0 spiro atoms. The van der Waals surface area contributed by atoms with Crippen molar-refractivity contribution in [2.24, 2.45) is 0 Å². The lowest BCUT2D eigenvalue weighted by atomic mass is 10.2. The molecular weight excluding hydrogens is 346 g/mol. The van der Waals surface area contributed by atoms with Gasteiger partial charge in [0.15, 0.2) is 6.54 Å². The quantitative estimate of drug-likeness (QED) is 0.303. The second-order valence-electron chi connectivity index (χ2n) is 7.24. The molecule has 0 saturated heterocycles. The molecule has 0 radical (unpaired) electrons. The average molecular weight is 382 g/mol. The van der Waals surface area contributed by atoms with Crippen molar-refractivity contribution in [3.63, 3.8) is 0 Å². The van der Waals surface area contributed by atoms with Gasteiger partial charge in [0.05, 0.1) is 11.8 Å². The summed E-state index contributed by atoms with van der Waals surface area (Å²) in [6.45, 7) is 10.8. The lowest BCUT2D eigenvalue weighted by Gasteiger charge is -2.26. The smallest absolute Gasteiger partial charge is 0.345 e. The highest BCUT2D eigenvalue weighted by molar-refractivity contribution is 5.76. The maximum absolute atomic E-state index is 12.3. The molecule has 1 aromatic heterocycles. The van der Waals surface area contributed by atoms with E-state index in [-0.39, 0.29) is 24.3 Å². The number of nitrogens with zero attached hydrogens (tertiary/aromatic N) is 4. The fourth-order valence-electron chi connectivity index (χ4n) is 3.15. The Bertz CT molecular complexity index is 578. The summed E-state index contributed by atoms with van der Waals surface area (Å²) in [5, 5.41) is 18.0. The van der Waals surface area contributed by atoms with Crippen molar-refractivity contribution in [1.82, 2.24) is 20.0 Å². The molecule has 0 bridgehead atoms. The molecule has 154 valence electrons. The van der Waals surface area contributed by atoms with Gasteiger partial charge in [-0.3, -0.25) is 4.79 Å². The van der Waals surface area contributed by atoms with Crippen LogP contribution in [0, 0.1) is 17.0 Å². The summed E-state index contributed by atoms with van der Waals surface area (Å²) < 4.78 is 1.15. The highest BCUT2D eigenvalue weighted by Crippen LogP contribution is 2.12. The second kappa shape index (κ2) is 12.4. The van der Waals surface area contributed by atoms with Gasteiger partial charge in [-0.1, -0.05) is 44.6 Å². The minimum Gasteiger partial charge on any atom is -0.358 e. The van der Waals surface area contributed by atoms with Gasteiger partial charge in [0, 0.05) is 12.6 Å². The number of rotatable bonds is 14. The third-order valence-corrected chi connectivity index (χ3v) is 4.46. The number of carbonyl (C=O) groups excluding carboxylic acids is 1. The maximum atomic E-state index is 12.3. The Morgan fingerprint density at radius 1 is 1.26 bits per heavy atom. The van der Waals surface area contributed by atoms with Crippen molar-refractivity contribution in [3.8, 4) is 0 Å². The highest BCUT2D eigenvalue weighted by atomic mass is 16.6. The molecule has 1 unspecified atom stereocenters. The molecule has 1 N–H and O–H groups in total. The Hall–Kier alpha value is -1.96. The molecule has 8 nitrogen and oxygen atoms in total. The second-order valence-corrected chi connectivity index (χ2v) is 7.24. The predicted molar refractivity (Wildman–Crippen MR) is 107 cm³/mol. The Morgan fingerprint density at radius 2 is 1.85 bits per heavy atom. The normalized spacial score (nSPS) is 12.3. The number of hydrogen-bond acceptors (Lipinski definition) is 5. The van der Waals surface area contributed by atoms with E-state index in [2.05, 4.69) is 29.2 Å². The summed E-state index contributed by atoms with van der Waals surface area (Å²) >= 11 is 0. The molecule has 0 aromatic carbocycles. The van der Waals surface area contributed by atoms with Crippen LogP contribution in [0.15, 0.2) is 6.07 Å². The van der Waals surface area contributed by atoms with Crippen LogP contribution in [-0.4, -0.2) is 51.2 Å². The van der Waals surface area contributed by atoms with Crippen LogP contribution in [0.4, 0.5) is 5.82 Å². The van der Waals surface area contributed by atoms with Gasteiger partial charge >= 0.3 is 5.82 Å². The molecule has 0 aliphatic carbocycles. The van der Waals surface area contributed by atoms with Crippen molar-refractivity contribution in [2.45, 2.75) is 78.8 Å². The van der Waals surface area contributed by atoms with E-state index in [1.54, 1.807) is 6.92 Å². The number of nitrogens with one attached hydrogen (secondary N) is 1. The minimum absolute atomic E-state index is 0.0172. The summed E-state index contributed by atoms with van der Waals surface area (Å²) in [6.07, 6.45) is 7.15. The van der Waals surface area contributed by atoms with E-state index >= 15 is 0 Å². The monoisotopic (exact) mass is 381 g/mol. The highest BCUT2D eigenvalue weighted by Gasteiger charge is 2.20. The molecule has 0 fully saturated rings. The molecule has 1 rings (SSSR count). The largest absolute Gasteiger partial charge is 0.358 e. The first-order chi connectivity index (χ1) is 12.9. The maximum Gasteiger partial charge on any atom is 0.345 e. The lowest BCUT2D eigenvalue weighted by molar-refractivity contribution is -0.392. The fraction of sp³-hybridized carbons (Fsp3) is 0.789. The van der Waals surface area contributed by atoms with Gasteiger partial charge < -0.3 is 20.3 Å². The van der Waals surface area contributed by atoms with Crippen molar-refractivity contribution in [2.75, 3.05) is 19.6 Å². The van der Waals surface area contributed by atoms with Crippen LogP contribution >= 0.6 is 0 Å². The summed E-state index contributed by atoms with van der Waals surface area (Å²) in [5.74, 6) is -0.410. The minimum atomic E-state index is -0.514. The van der Waals surface area contributed by atoms with Gasteiger partial charge in [-0.2, -0.15) is 0 Å². The SMILES string of the molecule is CCCCCN(CCCCC)CC(C)NC(=O)Cn1nc(C)cc1[N+](=O)[O-]. The van der Waals surface area contributed by atoms with Crippen molar-refractivity contribution in [3.05, 3.63) is 21.9 Å². The molecule has 27 heavy (non-hydrogen) atoms. The van der Waals surface area contributed by atoms with Gasteiger partial charge in [0.1, 0.15) is 0 Å². The van der Waals surface area contributed by atoms with Crippen LogP contribution < -0.4 is 5.32 Å². The predicted octanol–water partition coefficient (Wildman–Crippen LogP) is 3.29. The Balaban J connectivity index is 2.54. The molecule has 1 aromatic rings. The average Bonchev–Trinajstić information content (AvgIpc) is 2.95. The van der Waals surface area contributed by atoms with Gasteiger partial charge in [-0.05, 0) is 44.7 Å². The fourth-order valence-corrected chi connectivity index (χ4v) is 3.15. The van der Waals surface area contributed by atoms with Crippen LogP contribution in [0.3, 0.4) is 0 Å². The Kier molecular flexibility index (Phi) is 10.6. The van der Waals surface area contributed by atoms with Crippen molar-refractivity contribution < 1.29 is 9.72 Å². The van der Waals surface area contributed by atoms with Crippen LogP contribution in [0.2, 0.25) is 0 Å². The van der Waals surface area contributed by atoms with Gasteiger partial charge in [0.2, 0.25) is 0 Å². The molecule has 0 saturated carbocycles. The molecule has 0 aliphatic heterocycles. The molecular formula is C19H35N5O3. The first-order valence-electron chi connectivity index (χ1n) is 10.1. The zero-order valence-electron chi connectivity index (χ0n) is 17.2. The summed E-state index contributed by atoms with van der Waals surface area (Å²) in [4.78, 5) is 25.2. The number of aryl methyl sites for hydroxylation is 1. The van der Waals surface area contributed by atoms with Crippen LogP contribution in [0.1, 0.15) is 65.0 Å². The van der Waals surface area contributed by atoms with Crippen LogP contribution in [-0.2, 0) is 11.3 Å². The summed E-state index contributed by atoms with van der Waals surface area (Å²) in [5.41, 5.74) is 0.528. The number of amides is 1. The van der Waals surface area contributed by atoms with Crippen LogP contribution in [0.25, 0.3) is 0 Å². The van der Waals surface area contributed by atoms with E-state index in [0.717, 1.165) is 24.3 Å². The number of carbonyl (C=O) groups is 1. The van der Waals surface area contributed by atoms with Gasteiger partial charge in [-0.15, -0.1) is 4.68 Å².